The molecule has 0 radical (unpaired) electrons. The van der Waals surface area contributed by atoms with Gasteiger partial charge in [0, 0.05) is 70.3 Å². The summed E-state index contributed by atoms with van der Waals surface area (Å²) in [6.45, 7) is 4.77. The van der Waals surface area contributed by atoms with Gasteiger partial charge in [-0.1, -0.05) is 90.5 Å². The molecule has 0 saturated carbocycles. The summed E-state index contributed by atoms with van der Waals surface area (Å²) in [5.41, 5.74) is 6.90. The zero-order valence-electron chi connectivity index (χ0n) is 36.5. The van der Waals surface area contributed by atoms with E-state index < -0.39 is 5.91 Å². The van der Waals surface area contributed by atoms with Gasteiger partial charge in [0.25, 0.3) is 22.9 Å². The highest BCUT2D eigenvalue weighted by atomic mass is 16.2. The molecule has 10 aromatic rings. The van der Waals surface area contributed by atoms with Crippen LogP contribution in [0.15, 0.2) is 155 Å². The van der Waals surface area contributed by atoms with Crippen LogP contribution < -0.4 is 20.9 Å². The maximum Gasteiger partial charge on any atom is 0.296 e. The molecule has 66 heavy (non-hydrogen) atoms. The van der Waals surface area contributed by atoms with Crippen LogP contribution in [0.1, 0.15) is 51.1 Å². The van der Waals surface area contributed by atoms with Crippen molar-refractivity contribution in [2.75, 3.05) is 22.9 Å². The number of fused-ring (bicyclic) bond motifs is 7. The fourth-order valence-electron chi connectivity index (χ4n) is 9.63. The molecular weight excluding hydrogens is 827 g/mol. The Kier molecular flexibility index (Phi) is 9.76. The molecule has 5 aromatic carbocycles. The number of carbonyl (C=O) groups excluding carboxylic acids is 2. The molecule has 5 aromatic heterocycles. The van der Waals surface area contributed by atoms with Gasteiger partial charge in [0.05, 0.1) is 23.6 Å². The minimum Gasteiger partial charge on any atom is -0.339 e. The van der Waals surface area contributed by atoms with Gasteiger partial charge in [0.2, 0.25) is 0 Å². The van der Waals surface area contributed by atoms with Crippen molar-refractivity contribution < 1.29 is 9.59 Å². The van der Waals surface area contributed by atoms with Gasteiger partial charge in [-0.2, -0.15) is 19.6 Å². The number of hydrogen-bond donors (Lipinski definition) is 0. The van der Waals surface area contributed by atoms with Crippen molar-refractivity contribution in [2.24, 2.45) is 7.05 Å². The Morgan fingerprint density at radius 1 is 0.682 bits per heavy atom. The van der Waals surface area contributed by atoms with Crippen LogP contribution in [-0.2, 0) is 20.0 Å². The highest BCUT2D eigenvalue weighted by Gasteiger charge is 2.31. The predicted molar refractivity (Wildman–Crippen MR) is 259 cm³/mol. The molecule has 0 saturated heterocycles. The molecular formula is C53H43N9O4. The number of pyridine rings is 1. The van der Waals surface area contributed by atoms with E-state index in [9.17, 15) is 4.79 Å². The maximum absolute atomic E-state index is 15.1. The molecule has 1 aliphatic rings. The van der Waals surface area contributed by atoms with E-state index in [2.05, 4.69) is 6.07 Å². The minimum atomic E-state index is -0.396. The second kappa shape index (κ2) is 16.0. The third-order valence-electron chi connectivity index (χ3n) is 12.8. The molecule has 2 amide bonds. The Morgan fingerprint density at radius 3 is 2.06 bits per heavy atom. The van der Waals surface area contributed by atoms with Crippen molar-refractivity contribution >= 4 is 66.8 Å². The van der Waals surface area contributed by atoms with E-state index in [1.807, 2.05) is 145 Å². The summed E-state index contributed by atoms with van der Waals surface area (Å²) >= 11 is 0. The Balaban J connectivity index is 1.06. The third-order valence-corrected chi connectivity index (χ3v) is 12.8. The van der Waals surface area contributed by atoms with Crippen LogP contribution >= 0.6 is 0 Å². The number of aromatic nitrogens is 7. The van der Waals surface area contributed by atoms with Gasteiger partial charge in [-0.25, -0.2) is 0 Å². The molecule has 13 heteroatoms. The van der Waals surface area contributed by atoms with Crippen LogP contribution in [0.25, 0.3) is 55.0 Å². The molecule has 0 fully saturated rings. The van der Waals surface area contributed by atoms with Crippen LogP contribution in [0.3, 0.4) is 0 Å². The smallest absolute Gasteiger partial charge is 0.296 e. The zero-order valence-corrected chi connectivity index (χ0v) is 36.5. The van der Waals surface area contributed by atoms with Crippen LogP contribution in [0.5, 0.6) is 0 Å². The first-order valence-corrected chi connectivity index (χ1v) is 22.1. The van der Waals surface area contributed by atoms with Gasteiger partial charge >= 0.3 is 0 Å². The molecule has 13 nitrogen and oxygen atoms in total. The third kappa shape index (κ3) is 6.41. The lowest BCUT2D eigenvalue weighted by Gasteiger charge is -2.29. The number of anilines is 2. The van der Waals surface area contributed by atoms with Gasteiger partial charge in [0.15, 0.2) is 11.4 Å². The number of rotatable bonds is 8. The molecule has 6 heterocycles. The molecule has 0 bridgehead atoms. The first kappa shape index (κ1) is 40.3. The van der Waals surface area contributed by atoms with Crippen LogP contribution in [0.4, 0.5) is 11.4 Å². The lowest BCUT2D eigenvalue weighted by atomic mass is 10.0. The Bertz CT molecular complexity index is 3720. The number of aryl methyl sites for hydroxylation is 3. The topological polar surface area (TPSA) is 133 Å². The van der Waals surface area contributed by atoms with Gasteiger partial charge < -0.3 is 18.9 Å². The molecule has 0 aliphatic carbocycles. The average Bonchev–Trinajstić information content (AvgIpc) is 3.84. The standard InChI is InChI=1S/C53H43N9O4/c1-4-58(50(63)46-44-39-19-9-12-22-42(39)57(3)48(44)52(65)61(55-46)36-17-6-5-7-18-36)38-28-29-54-35(31-38)32-60-43-23-13-10-20-40(43)45-47(51(64)59-30-14-16-34-15-8-11-21-41(34)59)56-62(53(66)49(45)60)37-26-24-33(2)25-27-37/h5-13,15,17-29,31H,4,14,16,30,32H2,1-3H3. The number of carbonyl (C=O) groups is 2. The molecule has 0 spiro atoms. The van der Waals surface area contributed by atoms with E-state index in [1.165, 1.54) is 9.36 Å². The average molecular weight is 870 g/mol. The Hall–Kier alpha value is -8.45. The van der Waals surface area contributed by atoms with Crippen molar-refractivity contribution in [1.29, 1.82) is 0 Å². The molecule has 1 aliphatic heterocycles. The zero-order chi connectivity index (χ0) is 45.2. The van der Waals surface area contributed by atoms with Crippen LogP contribution in [-0.4, -0.2) is 58.6 Å². The summed E-state index contributed by atoms with van der Waals surface area (Å²) in [5, 5.41) is 12.1. The van der Waals surface area contributed by atoms with Gasteiger partial charge in [-0.3, -0.25) is 24.2 Å². The molecule has 11 rings (SSSR count). The predicted octanol–water partition coefficient (Wildman–Crippen LogP) is 8.54. The summed E-state index contributed by atoms with van der Waals surface area (Å²) in [5.74, 6) is -0.687. The maximum atomic E-state index is 15.1. The molecule has 0 atom stereocenters. The first-order chi connectivity index (χ1) is 32.2. The van der Waals surface area contributed by atoms with E-state index in [4.69, 9.17) is 15.2 Å². The Morgan fingerprint density at radius 2 is 1.30 bits per heavy atom. The van der Waals surface area contributed by atoms with E-state index in [1.54, 1.807) is 34.2 Å². The summed E-state index contributed by atoms with van der Waals surface area (Å²) in [4.78, 5) is 67.5. The van der Waals surface area contributed by atoms with Gasteiger partial charge in [0.1, 0.15) is 11.0 Å². The summed E-state index contributed by atoms with van der Waals surface area (Å²) in [7, 11) is 1.83. The Labute approximate surface area is 378 Å². The van der Waals surface area contributed by atoms with E-state index >= 15 is 14.4 Å². The summed E-state index contributed by atoms with van der Waals surface area (Å²) in [6, 6.07) is 43.4. The van der Waals surface area contributed by atoms with Gasteiger partial charge in [-0.05, 0) is 86.8 Å². The molecule has 0 unspecified atom stereocenters. The van der Waals surface area contributed by atoms with E-state index in [0.717, 1.165) is 46.1 Å². The fourth-order valence-corrected chi connectivity index (χ4v) is 9.63. The van der Waals surface area contributed by atoms with E-state index in [0.29, 0.717) is 56.5 Å². The monoisotopic (exact) mass is 869 g/mol. The van der Waals surface area contributed by atoms with Crippen molar-refractivity contribution in [3.05, 3.63) is 195 Å². The second-order valence-electron chi connectivity index (χ2n) is 16.7. The number of benzene rings is 5. The molecule has 324 valence electrons. The first-order valence-electron chi connectivity index (χ1n) is 22.1. The van der Waals surface area contributed by atoms with Crippen molar-refractivity contribution in [1.82, 2.24) is 33.7 Å². The molecule has 0 N–H and O–H groups in total. The highest BCUT2D eigenvalue weighted by Crippen LogP contribution is 2.35. The number of nitrogens with zero attached hydrogens (tertiary/aromatic N) is 9. The summed E-state index contributed by atoms with van der Waals surface area (Å²) < 4.78 is 6.35. The minimum absolute atomic E-state index is 0.127. The SMILES string of the molecule is CCN(C(=O)c1nn(-c2ccccc2)c(=O)c2c1c1ccccc1n2C)c1ccnc(Cn2c3ccccc3c3c(C(=O)N4CCCc5ccccc54)nn(-c4ccc(C)cc4)c(=O)c32)c1. The van der Waals surface area contributed by atoms with Crippen molar-refractivity contribution in [3.8, 4) is 11.4 Å². The van der Waals surface area contributed by atoms with Crippen LogP contribution in [0, 0.1) is 6.92 Å². The lowest BCUT2D eigenvalue weighted by molar-refractivity contribution is 0.0974. The van der Waals surface area contributed by atoms with Crippen molar-refractivity contribution in [3.63, 3.8) is 0 Å². The number of hydrogen-bond acceptors (Lipinski definition) is 7. The number of para-hydroxylation sites is 4. The quantitative estimate of drug-likeness (QED) is 0.150. The normalized spacial score (nSPS) is 12.6. The second-order valence-corrected chi connectivity index (χ2v) is 16.7. The fraction of sp³-hybridized carbons (Fsp3) is 0.151. The van der Waals surface area contributed by atoms with Crippen molar-refractivity contribution in [2.45, 2.75) is 33.2 Å². The summed E-state index contributed by atoms with van der Waals surface area (Å²) in [6.07, 6.45) is 3.31. The lowest BCUT2D eigenvalue weighted by Crippen LogP contribution is -2.37. The number of amides is 2. The van der Waals surface area contributed by atoms with E-state index in [-0.39, 0.29) is 41.5 Å². The highest BCUT2D eigenvalue weighted by molar-refractivity contribution is 6.21. The van der Waals surface area contributed by atoms with Gasteiger partial charge in [-0.15, -0.1) is 0 Å². The van der Waals surface area contributed by atoms with Crippen LogP contribution in [0.2, 0.25) is 0 Å². The largest absolute Gasteiger partial charge is 0.339 e.